The van der Waals surface area contributed by atoms with Gasteiger partial charge in [0, 0.05) is 0 Å². The highest BCUT2D eigenvalue weighted by Crippen LogP contribution is 2.29. The van der Waals surface area contributed by atoms with E-state index in [-0.39, 0.29) is 12.1 Å². The van der Waals surface area contributed by atoms with Gasteiger partial charge in [0.05, 0.1) is 34.6 Å². The second-order valence-corrected chi connectivity index (χ2v) is 7.41. The first-order chi connectivity index (χ1) is 13.0. The van der Waals surface area contributed by atoms with Crippen LogP contribution in [0.15, 0.2) is 46.4 Å². The van der Waals surface area contributed by atoms with Gasteiger partial charge >= 0.3 is 0 Å². The van der Waals surface area contributed by atoms with E-state index in [4.69, 9.17) is 9.47 Å². The Bertz CT molecular complexity index is 858. The van der Waals surface area contributed by atoms with E-state index in [2.05, 4.69) is 79.4 Å². The van der Waals surface area contributed by atoms with Crippen LogP contribution in [-0.4, -0.2) is 37.1 Å². The first-order valence-electron chi connectivity index (χ1n) is 9.40. The largest absolute Gasteiger partial charge is 0.475 e. The average Bonchev–Trinajstić information content (AvgIpc) is 3.26. The zero-order valence-corrected chi connectivity index (χ0v) is 16.2. The maximum absolute atomic E-state index is 5.81. The third-order valence-corrected chi connectivity index (χ3v) is 4.68. The average molecular weight is 363 g/mol. The lowest BCUT2D eigenvalue weighted by molar-refractivity contribution is 0.324. The first kappa shape index (κ1) is 17.6. The Morgan fingerprint density at radius 3 is 1.59 bits per heavy atom. The third-order valence-electron chi connectivity index (χ3n) is 4.68. The lowest BCUT2D eigenvalue weighted by Crippen LogP contribution is -2.09. The lowest BCUT2D eigenvalue weighted by atomic mass is 10.1. The van der Waals surface area contributed by atoms with Gasteiger partial charge in [-0.1, -0.05) is 23.3 Å². The summed E-state index contributed by atoms with van der Waals surface area (Å²) in [6, 6.07) is 12.9. The Kier molecular flexibility index (Phi) is 4.60. The summed E-state index contributed by atoms with van der Waals surface area (Å²) in [6.45, 7) is 9.52. The molecule has 0 saturated heterocycles. The number of anilines is 2. The second kappa shape index (κ2) is 7.06. The molecule has 0 radical (unpaired) electrons. The normalized spacial score (nSPS) is 21.3. The molecule has 0 spiro atoms. The van der Waals surface area contributed by atoms with Gasteiger partial charge in [-0.3, -0.25) is 0 Å². The van der Waals surface area contributed by atoms with Gasteiger partial charge in [0.1, 0.15) is 13.2 Å². The van der Waals surface area contributed by atoms with Crippen LogP contribution in [0.5, 0.6) is 0 Å². The minimum atomic E-state index is 0.186. The van der Waals surface area contributed by atoms with Crippen LogP contribution in [0.3, 0.4) is 0 Å². The Labute approximate surface area is 160 Å². The summed E-state index contributed by atoms with van der Waals surface area (Å²) in [5.41, 5.74) is 6.23. The van der Waals surface area contributed by atoms with Crippen LogP contribution in [-0.2, 0) is 9.47 Å². The molecule has 0 saturated carbocycles. The van der Waals surface area contributed by atoms with Gasteiger partial charge in [0.25, 0.3) is 0 Å². The fourth-order valence-corrected chi connectivity index (χ4v) is 3.28. The molecule has 2 aliphatic heterocycles. The van der Waals surface area contributed by atoms with Gasteiger partial charge in [-0.2, -0.15) is 0 Å². The zero-order chi connectivity index (χ0) is 19.0. The molecule has 1 N–H and O–H groups in total. The van der Waals surface area contributed by atoms with E-state index in [0.717, 1.165) is 22.5 Å². The predicted molar refractivity (Wildman–Crippen MR) is 110 cm³/mol. The number of nitrogens with one attached hydrogen (secondary N) is 1. The Hall–Kier alpha value is -2.82. The molecule has 27 heavy (non-hydrogen) atoms. The van der Waals surface area contributed by atoms with E-state index in [1.54, 1.807) is 0 Å². The van der Waals surface area contributed by atoms with E-state index >= 15 is 0 Å². The van der Waals surface area contributed by atoms with Crippen LogP contribution >= 0.6 is 0 Å². The third kappa shape index (κ3) is 3.68. The minimum Gasteiger partial charge on any atom is -0.475 e. The summed E-state index contributed by atoms with van der Waals surface area (Å²) in [5, 5.41) is 3.56. The molecule has 2 aromatic carbocycles. The molecule has 2 aromatic rings. The molecular formula is C22H25N3O2. The second-order valence-electron chi connectivity index (χ2n) is 7.41. The maximum Gasteiger partial charge on any atom is 0.218 e. The number of aliphatic imine (C=N–C) groups is 2. The molecule has 2 heterocycles. The van der Waals surface area contributed by atoms with Gasteiger partial charge in [0.2, 0.25) is 11.8 Å². The number of aryl methyl sites for hydroxylation is 2. The molecule has 5 nitrogen and oxygen atoms in total. The molecule has 0 aliphatic carbocycles. The van der Waals surface area contributed by atoms with Crippen LogP contribution in [0, 0.1) is 13.8 Å². The minimum absolute atomic E-state index is 0.186. The maximum atomic E-state index is 5.81. The summed E-state index contributed by atoms with van der Waals surface area (Å²) < 4.78 is 11.6. The van der Waals surface area contributed by atoms with Crippen molar-refractivity contribution in [2.24, 2.45) is 9.98 Å². The molecule has 2 atom stereocenters. The molecule has 0 fully saturated rings. The highest BCUT2D eigenvalue weighted by atomic mass is 16.5. The smallest absolute Gasteiger partial charge is 0.218 e. The van der Waals surface area contributed by atoms with Crippen LogP contribution in [0.2, 0.25) is 0 Å². The van der Waals surface area contributed by atoms with Crippen molar-refractivity contribution in [2.75, 3.05) is 18.5 Å². The van der Waals surface area contributed by atoms with Crippen molar-refractivity contribution < 1.29 is 9.47 Å². The van der Waals surface area contributed by atoms with Gasteiger partial charge in [-0.15, -0.1) is 0 Å². The van der Waals surface area contributed by atoms with E-state index in [1.807, 2.05) is 0 Å². The van der Waals surface area contributed by atoms with Crippen LogP contribution in [0.4, 0.5) is 11.4 Å². The summed E-state index contributed by atoms with van der Waals surface area (Å²) in [4.78, 5) is 9.26. The lowest BCUT2D eigenvalue weighted by Gasteiger charge is -2.16. The molecule has 0 bridgehead atoms. The van der Waals surface area contributed by atoms with E-state index in [1.165, 1.54) is 11.1 Å². The summed E-state index contributed by atoms with van der Waals surface area (Å²) in [7, 11) is 0. The SMILES string of the molecule is Cc1ccc(Nc2ccc(C)cc2C2=NC(C)CO2)c(C2=NC(C)CO2)c1. The van der Waals surface area contributed by atoms with Crippen molar-refractivity contribution >= 4 is 23.2 Å². The number of benzene rings is 2. The molecular weight excluding hydrogens is 338 g/mol. The highest BCUT2D eigenvalue weighted by molar-refractivity contribution is 6.04. The molecule has 140 valence electrons. The van der Waals surface area contributed by atoms with Gasteiger partial charge in [0.15, 0.2) is 0 Å². The monoisotopic (exact) mass is 363 g/mol. The van der Waals surface area contributed by atoms with Gasteiger partial charge in [-0.05, 0) is 52.0 Å². The van der Waals surface area contributed by atoms with Crippen molar-refractivity contribution in [2.45, 2.75) is 39.8 Å². The van der Waals surface area contributed by atoms with Crippen molar-refractivity contribution in [1.29, 1.82) is 0 Å². The van der Waals surface area contributed by atoms with Crippen molar-refractivity contribution in [3.63, 3.8) is 0 Å². The first-order valence-corrected chi connectivity index (χ1v) is 9.40. The van der Waals surface area contributed by atoms with E-state index < -0.39 is 0 Å². The fraction of sp³-hybridized carbons (Fsp3) is 0.364. The molecule has 0 aromatic heterocycles. The molecule has 4 rings (SSSR count). The number of hydrogen-bond acceptors (Lipinski definition) is 5. The van der Waals surface area contributed by atoms with Gasteiger partial charge in [-0.25, -0.2) is 9.98 Å². The molecule has 2 aliphatic rings. The number of nitrogens with zero attached hydrogens (tertiary/aromatic N) is 2. The van der Waals surface area contributed by atoms with E-state index in [0.29, 0.717) is 25.0 Å². The number of ether oxygens (including phenoxy) is 2. The topological polar surface area (TPSA) is 55.2 Å². The Morgan fingerprint density at radius 2 is 1.22 bits per heavy atom. The quantitative estimate of drug-likeness (QED) is 0.877. The van der Waals surface area contributed by atoms with Gasteiger partial charge < -0.3 is 14.8 Å². The zero-order valence-electron chi connectivity index (χ0n) is 16.2. The highest BCUT2D eigenvalue weighted by Gasteiger charge is 2.22. The van der Waals surface area contributed by atoms with Crippen molar-refractivity contribution in [3.05, 3.63) is 58.7 Å². The van der Waals surface area contributed by atoms with Crippen LogP contribution in [0.25, 0.3) is 0 Å². The Morgan fingerprint density at radius 1 is 0.778 bits per heavy atom. The molecule has 0 amide bonds. The fourth-order valence-electron chi connectivity index (χ4n) is 3.28. The Balaban J connectivity index is 1.73. The predicted octanol–water partition coefficient (Wildman–Crippen LogP) is 4.38. The summed E-state index contributed by atoms with van der Waals surface area (Å²) >= 11 is 0. The summed E-state index contributed by atoms with van der Waals surface area (Å²) in [5.74, 6) is 1.40. The van der Waals surface area contributed by atoms with Crippen molar-refractivity contribution in [3.8, 4) is 0 Å². The number of rotatable bonds is 4. The standard InChI is InChI=1S/C22H25N3O2/c1-13-5-7-19(17(9-13)21-23-15(3)11-26-21)25-20-8-6-14(2)10-18(20)22-24-16(4)12-27-22/h5-10,15-16,25H,11-12H2,1-4H3. The molecule has 2 unspecified atom stereocenters. The summed E-state index contributed by atoms with van der Waals surface area (Å²) in [6.07, 6.45) is 0. The van der Waals surface area contributed by atoms with Crippen molar-refractivity contribution in [1.82, 2.24) is 0 Å². The van der Waals surface area contributed by atoms with E-state index in [9.17, 15) is 0 Å². The van der Waals surface area contributed by atoms with Crippen LogP contribution in [0.1, 0.15) is 36.1 Å². The molecule has 5 heteroatoms. The van der Waals surface area contributed by atoms with Crippen LogP contribution < -0.4 is 5.32 Å². The number of hydrogen-bond donors (Lipinski definition) is 1.